The highest BCUT2D eigenvalue weighted by Gasteiger charge is 2.28. The molecule has 3 aliphatic heterocycles. The first kappa shape index (κ1) is 23.9. The number of rotatable bonds is 4. The van der Waals surface area contributed by atoms with Crippen molar-refractivity contribution < 1.29 is 9.59 Å². The van der Waals surface area contributed by atoms with E-state index in [0.29, 0.717) is 34.0 Å². The fourth-order valence-electron chi connectivity index (χ4n) is 5.57. The molecule has 0 unspecified atom stereocenters. The van der Waals surface area contributed by atoms with Crippen molar-refractivity contribution in [3.8, 4) is 11.3 Å². The fraction of sp³-hybridized carbons (Fsp3) is 0.357. The Morgan fingerprint density at radius 1 is 1.03 bits per heavy atom. The van der Waals surface area contributed by atoms with Crippen LogP contribution in [0.1, 0.15) is 41.6 Å². The number of carbonyl (C=O) groups is 2. The monoisotopic (exact) mass is 516 g/mol. The fourth-order valence-corrected chi connectivity index (χ4v) is 5.74. The third-order valence-corrected chi connectivity index (χ3v) is 7.76. The van der Waals surface area contributed by atoms with Gasteiger partial charge in [-0.15, -0.1) is 0 Å². The van der Waals surface area contributed by atoms with Crippen molar-refractivity contribution in [1.29, 1.82) is 0 Å². The SMILES string of the molecule is O=C1Cc2cnc(Nc3ccc(C(=O)N4CCC(N5CCCC5)CC4)cc3)nc2-c2ccc(Cl)cc2N1. The normalized spacial score (nSPS) is 18.1. The lowest BCUT2D eigenvalue weighted by Gasteiger charge is -2.36. The lowest BCUT2D eigenvalue weighted by molar-refractivity contribution is -0.115. The van der Waals surface area contributed by atoms with Crippen molar-refractivity contribution >= 4 is 40.7 Å². The minimum absolute atomic E-state index is 0.0835. The first-order valence-corrected chi connectivity index (χ1v) is 13.3. The average Bonchev–Trinajstić information content (AvgIpc) is 3.41. The standard InChI is InChI=1S/C28H29ClN6O2/c29-20-5-8-23-24(16-20)32-25(36)15-19-17-30-28(33-26(19)23)31-21-6-3-18(4-7-21)27(37)35-13-9-22(10-14-35)34-11-1-2-12-34/h3-8,16-17,22H,1-2,9-15H2,(H,32,36)(H,30,31,33). The van der Waals surface area contributed by atoms with Gasteiger partial charge in [0, 0.05) is 52.7 Å². The van der Waals surface area contributed by atoms with Crippen LogP contribution in [0, 0.1) is 0 Å². The molecule has 0 atom stereocenters. The highest BCUT2D eigenvalue weighted by atomic mass is 35.5. The number of nitrogens with zero attached hydrogens (tertiary/aromatic N) is 4. The van der Waals surface area contributed by atoms with E-state index in [0.717, 1.165) is 42.7 Å². The molecule has 190 valence electrons. The first-order valence-electron chi connectivity index (χ1n) is 12.9. The zero-order valence-electron chi connectivity index (χ0n) is 20.5. The second kappa shape index (κ2) is 10.1. The molecule has 0 spiro atoms. The zero-order valence-corrected chi connectivity index (χ0v) is 21.3. The lowest BCUT2D eigenvalue weighted by Crippen LogP contribution is -2.45. The summed E-state index contributed by atoms with van der Waals surface area (Å²) in [6, 6.07) is 13.4. The van der Waals surface area contributed by atoms with E-state index in [1.807, 2.05) is 35.2 Å². The van der Waals surface area contributed by atoms with E-state index >= 15 is 0 Å². The van der Waals surface area contributed by atoms with Crippen molar-refractivity contribution in [2.75, 3.05) is 36.8 Å². The average molecular weight is 517 g/mol. The summed E-state index contributed by atoms with van der Waals surface area (Å²) >= 11 is 6.14. The Labute approximate surface area is 221 Å². The van der Waals surface area contributed by atoms with Crippen LogP contribution in [0.15, 0.2) is 48.7 Å². The van der Waals surface area contributed by atoms with Gasteiger partial charge < -0.3 is 20.4 Å². The van der Waals surface area contributed by atoms with E-state index in [1.165, 1.54) is 25.9 Å². The number of benzene rings is 2. The van der Waals surface area contributed by atoms with Gasteiger partial charge in [-0.2, -0.15) is 0 Å². The number of amides is 2. The summed E-state index contributed by atoms with van der Waals surface area (Å²) in [5.74, 6) is 0.365. The molecule has 2 aromatic carbocycles. The quantitative estimate of drug-likeness (QED) is 0.521. The van der Waals surface area contributed by atoms with E-state index in [2.05, 4.69) is 20.5 Å². The Balaban J connectivity index is 1.14. The maximum Gasteiger partial charge on any atom is 0.253 e. The van der Waals surface area contributed by atoms with E-state index < -0.39 is 0 Å². The van der Waals surface area contributed by atoms with Gasteiger partial charge in [0.05, 0.1) is 17.8 Å². The van der Waals surface area contributed by atoms with E-state index in [9.17, 15) is 9.59 Å². The topological polar surface area (TPSA) is 90.5 Å². The maximum absolute atomic E-state index is 13.1. The molecule has 37 heavy (non-hydrogen) atoms. The summed E-state index contributed by atoms with van der Waals surface area (Å²) in [7, 11) is 0. The first-order chi connectivity index (χ1) is 18.0. The minimum atomic E-state index is -0.132. The Hall–Kier alpha value is -3.49. The number of hydrogen-bond acceptors (Lipinski definition) is 6. The van der Waals surface area contributed by atoms with Gasteiger partial charge in [-0.25, -0.2) is 9.97 Å². The van der Waals surface area contributed by atoms with Crippen molar-refractivity contribution in [2.24, 2.45) is 0 Å². The van der Waals surface area contributed by atoms with Crippen LogP contribution in [0.2, 0.25) is 5.02 Å². The molecular formula is C28H29ClN6O2. The summed E-state index contributed by atoms with van der Waals surface area (Å²) in [6.45, 7) is 4.04. The van der Waals surface area contributed by atoms with Gasteiger partial charge in [0.15, 0.2) is 0 Å². The summed E-state index contributed by atoms with van der Waals surface area (Å²) in [5, 5.41) is 6.66. The van der Waals surface area contributed by atoms with Crippen LogP contribution in [-0.4, -0.2) is 63.8 Å². The number of likely N-dealkylation sites (tertiary alicyclic amines) is 2. The molecule has 8 nitrogen and oxygen atoms in total. The summed E-state index contributed by atoms with van der Waals surface area (Å²) < 4.78 is 0. The highest BCUT2D eigenvalue weighted by Crippen LogP contribution is 2.35. The molecule has 0 saturated carbocycles. The van der Waals surface area contributed by atoms with Gasteiger partial charge in [0.25, 0.3) is 5.91 Å². The van der Waals surface area contributed by atoms with E-state index in [1.54, 1.807) is 18.3 Å². The van der Waals surface area contributed by atoms with Crippen molar-refractivity contribution in [2.45, 2.75) is 38.1 Å². The van der Waals surface area contributed by atoms with Crippen LogP contribution in [-0.2, 0) is 11.2 Å². The number of aromatic nitrogens is 2. The van der Waals surface area contributed by atoms with E-state index in [4.69, 9.17) is 16.6 Å². The number of piperidine rings is 1. The Kier molecular flexibility index (Phi) is 6.52. The molecule has 2 amide bonds. The molecule has 2 N–H and O–H groups in total. The minimum Gasteiger partial charge on any atom is -0.339 e. The number of nitrogens with one attached hydrogen (secondary N) is 2. The van der Waals surface area contributed by atoms with Gasteiger partial charge in [-0.3, -0.25) is 9.59 Å². The smallest absolute Gasteiger partial charge is 0.253 e. The van der Waals surface area contributed by atoms with Gasteiger partial charge in [-0.05, 0) is 81.2 Å². The van der Waals surface area contributed by atoms with Crippen LogP contribution < -0.4 is 10.6 Å². The summed E-state index contributed by atoms with van der Waals surface area (Å²) in [6.07, 6.45) is 6.57. The van der Waals surface area contributed by atoms with Crippen LogP contribution in [0.5, 0.6) is 0 Å². The van der Waals surface area contributed by atoms with Crippen LogP contribution >= 0.6 is 11.6 Å². The number of hydrogen-bond donors (Lipinski definition) is 2. The predicted octanol–water partition coefficient (Wildman–Crippen LogP) is 4.74. The third kappa shape index (κ3) is 5.04. The molecule has 2 fully saturated rings. The number of halogens is 1. The van der Waals surface area contributed by atoms with Gasteiger partial charge in [0.1, 0.15) is 0 Å². The summed E-state index contributed by atoms with van der Waals surface area (Å²) in [5.41, 5.74) is 4.33. The molecule has 2 saturated heterocycles. The number of carbonyl (C=O) groups excluding carboxylic acids is 2. The van der Waals surface area contributed by atoms with Crippen molar-refractivity contribution in [1.82, 2.24) is 19.8 Å². The molecule has 3 aliphatic rings. The van der Waals surface area contributed by atoms with Crippen molar-refractivity contribution in [3.63, 3.8) is 0 Å². The van der Waals surface area contributed by atoms with Crippen LogP contribution in [0.4, 0.5) is 17.3 Å². The van der Waals surface area contributed by atoms with Crippen molar-refractivity contribution in [3.05, 3.63) is 64.8 Å². The third-order valence-electron chi connectivity index (χ3n) is 7.52. The second-order valence-electron chi connectivity index (χ2n) is 9.95. The molecule has 0 bridgehead atoms. The molecule has 0 aliphatic carbocycles. The molecule has 9 heteroatoms. The van der Waals surface area contributed by atoms with Gasteiger partial charge in [0.2, 0.25) is 11.9 Å². The second-order valence-corrected chi connectivity index (χ2v) is 10.4. The molecule has 3 aromatic rings. The largest absolute Gasteiger partial charge is 0.339 e. The Morgan fingerprint density at radius 2 is 1.78 bits per heavy atom. The highest BCUT2D eigenvalue weighted by molar-refractivity contribution is 6.31. The lowest BCUT2D eigenvalue weighted by atomic mass is 10.0. The molecule has 6 rings (SSSR count). The number of anilines is 3. The molecular weight excluding hydrogens is 488 g/mol. The molecule has 0 radical (unpaired) electrons. The van der Waals surface area contributed by atoms with Gasteiger partial charge >= 0.3 is 0 Å². The van der Waals surface area contributed by atoms with Crippen LogP contribution in [0.3, 0.4) is 0 Å². The Bertz CT molecular complexity index is 1330. The molecule has 4 heterocycles. The Morgan fingerprint density at radius 3 is 2.54 bits per heavy atom. The number of fused-ring (bicyclic) bond motifs is 3. The molecule has 1 aromatic heterocycles. The van der Waals surface area contributed by atoms with E-state index in [-0.39, 0.29) is 18.2 Å². The summed E-state index contributed by atoms with van der Waals surface area (Å²) in [4.78, 5) is 39.1. The van der Waals surface area contributed by atoms with Gasteiger partial charge in [-0.1, -0.05) is 11.6 Å². The predicted molar refractivity (Wildman–Crippen MR) is 144 cm³/mol. The maximum atomic E-state index is 13.1. The zero-order chi connectivity index (χ0) is 25.4. The van der Waals surface area contributed by atoms with Crippen LogP contribution in [0.25, 0.3) is 11.3 Å².